The van der Waals surface area contributed by atoms with E-state index >= 15 is 0 Å². The van der Waals surface area contributed by atoms with Crippen molar-refractivity contribution in [2.75, 3.05) is 0 Å². The van der Waals surface area contributed by atoms with Crippen LogP contribution in [0.2, 0.25) is 0 Å². The van der Waals surface area contributed by atoms with Gasteiger partial charge < -0.3 is 4.74 Å². The van der Waals surface area contributed by atoms with Crippen LogP contribution in [0.3, 0.4) is 0 Å². The molecule has 0 aliphatic rings. The lowest BCUT2D eigenvalue weighted by Gasteiger charge is -2.17. The summed E-state index contributed by atoms with van der Waals surface area (Å²) in [4.78, 5) is 0. The molecule has 3 heteroatoms. The number of hydrogen-bond donors (Lipinski definition) is 0. The van der Waals surface area contributed by atoms with E-state index in [1.54, 1.807) is 18.2 Å². The predicted molar refractivity (Wildman–Crippen MR) is 71.2 cm³/mol. The quantitative estimate of drug-likeness (QED) is 0.830. The Bertz CT molecular complexity index is 623. The summed E-state index contributed by atoms with van der Waals surface area (Å²) >= 11 is 0. The van der Waals surface area contributed by atoms with Crippen molar-refractivity contribution in [3.8, 4) is 17.9 Å². The molecule has 0 radical (unpaired) electrons. The van der Waals surface area contributed by atoms with Crippen molar-refractivity contribution in [3.63, 3.8) is 0 Å². The van der Waals surface area contributed by atoms with Gasteiger partial charge >= 0.3 is 0 Å². The summed E-state index contributed by atoms with van der Waals surface area (Å²) in [5, 5.41) is 17.9. The molecule has 0 heterocycles. The molecule has 0 bridgehead atoms. The number of nitrogens with zero attached hydrogens (tertiary/aromatic N) is 2. The standard InChI is InChI=1S/C16H12N2O/c17-11-10-16(13-6-2-1-3-7-13)19-15-9-5-4-8-14(15)12-18/h1-9,16H,10H2. The summed E-state index contributed by atoms with van der Waals surface area (Å²) in [7, 11) is 0. The first-order valence-electron chi connectivity index (χ1n) is 5.93. The lowest BCUT2D eigenvalue weighted by atomic mass is 10.1. The average Bonchev–Trinajstić information content (AvgIpc) is 2.48. The highest BCUT2D eigenvalue weighted by Crippen LogP contribution is 2.26. The first-order valence-corrected chi connectivity index (χ1v) is 5.93. The monoisotopic (exact) mass is 248 g/mol. The Labute approximate surface area is 112 Å². The first kappa shape index (κ1) is 12.7. The fraction of sp³-hybridized carbons (Fsp3) is 0.125. The normalized spacial score (nSPS) is 11.1. The van der Waals surface area contributed by atoms with Crippen LogP contribution in [0.5, 0.6) is 5.75 Å². The summed E-state index contributed by atoms with van der Waals surface area (Å²) in [6, 6.07) is 20.8. The minimum Gasteiger partial charge on any atom is -0.483 e. The van der Waals surface area contributed by atoms with Gasteiger partial charge in [-0.1, -0.05) is 42.5 Å². The van der Waals surface area contributed by atoms with Crippen molar-refractivity contribution in [2.45, 2.75) is 12.5 Å². The molecular formula is C16H12N2O. The van der Waals surface area contributed by atoms with Crippen LogP contribution in [-0.2, 0) is 0 Å². The van der Waals surface area contributed by atoms with Crippen molar-refractivity contribution in [3.05, 3.63) is 65.7 Å². The summed E-state index contributed by atoms with van der Waals surface area (Å²) in [5.74, 6) is 0.508. The van der Waals surface area contributed by atoms with E-state index in [0.29, 0.717) is 11.3 Å². The van der Waals surface area contributed by atoms with Crippen molar-refractivity contribution >= 4 is 0 Å². The highest BCUT2D eigenvalue weighted by atomic mass is 16.5. The molecule has 0 spiro atoms. The van der Waals surface area contributed by atoms with Crippen LogP contribution >= 0.6 is 0 Å². The number of nitriles is 2. The third kappa shape index (κ3) is 3.12. The fourth-order valence-corrected chi connectivity index (χ4v) is 1.79. The summed E-state index contributed by atoms with van der Waals surface area (Å²) in [5.41, 5.74) is 1.40. The first-order chi connectivity index (χ1) is 9.35. The van der Waals surface area contributed by atoms with E-state index in [4.69, 9.17) is 15.3 Å². The van der Waals surface area contributed by atoms with Gasteiger partial charge in [0, 0.05) is 0 Å². The molecular weight excluding hydrogens is 236 g/mol. The van der Waals surface area contributed by atoms with Gasteiger partial charge in [-0.15, -0.1) is 0 Å². The van der Waals surface area contributed by atoms with Gasteiger partial charge in [0.25, 0.3) is 0 Å². The Morgan fingerprint density at radius 3 is 2.32 bits per heavy atom. The van der Waals surface area contributed by atoms with Gasteiger partial charge in [-0.05, 0) is 17.7 Å². The van der Waals surface area contributed by atoms with E-state index in [1.807, 2.05) is 36.4 Å². The van der Waals surface area contributed by atoms with Crippen LogP contribution < -0.4 is 4.74 Å². The molecule has 3 nitrogen and oxygen atoms in total. The Morgan fingerprint density at radius 1 is 0.947 bits per heavy atom. The zero-order valence-electron chi connectivity index (χ0n) is 10.3. The molecule has 0 aliphatic heterocycles. The highest BCUT2D eigenvalue weighted by molar-refractivity contribution is 5.43. The molecule has 2 aromatic carbocycles. The topological polar surface area (TPSA) is 56.8 Å². The van der Waals surface area contributed by atoms with Crippen molar-refractivity contribution in [1.82, 2.24) is 0 Å². The molecule has 0 fully saturated rings. The largest absolute Gasteiger partial charge is 0.483 e. The van der Waals surface area contributed by atoms with E-state index < -0.39 is 0 Å². The van der Waals surface area contributed by atoms with Gasteiger partial charge in [0.2, 0.25) is 0 Å². The van der Waals surface area contributed by atoms with Gasteiger partial charge in [-0.2, -0.15) is 10.5 Å². The van der Waals surface area contributed by atoms with E-state index in [0.717, 1.165) is 5.56 Å². The van der Waals surface area contributed by atoms with Gasteiger partial charge in [-0.25, -0.2) is 0 Å². The van der Waals surface area contributed by atoms with Gasteiger partial charge in [0.15, 0.2) is 0 Å². The van der Waals surface area contributed by atoms with E-state index in [9.17, 15) is 0 Å². The van der Waals surface area contributed by atoms with Crippen LogP contribution in [0.15, 0.2) is 54.6 Å². The molecule has 0 aliphatic carbocycles. The molecule has 0 N–H and O–H groups in total. The van der Waals surface area contributed by atoms with E-state index in [2.05, 4.69) is 12.1 Å². The Morgan fingerprint density at radius 2 is 1.63 bits per heavy atom. The molecule has 1 atom stereocenters. The molecule has 0 saturated carbocycles. The second kappa shape index (κ2) is 6.23. The zero-order chi connectivity index (χ0) is 13.5. The van der Waals surface area contributed by atoms with Gasteiger partial charge in [0.1, 0.15) is 17.9 Å². The van der Waals surface area contributed by atoms with Crippen molar-refractivity contribution in [2.24, 2.45) is 0 Å². The molecule has 0 amide bonds. The highest BCUT2D eigenvalue weighted by Gasteiger charge is 2.14. The summed E-state index contributed by atoms with van der Waals surface area (Å²) < 4.78 is 5.82. The molecule has 2 aromatic rings. The molecule has 92 valence electrons. The summed E-state index contributed by atoms with van der Waals surface area (Å²) in [6.07, 6.45) is -0.121. The molecule has 19 heavy (non-hydrogen) atoms. The maximum absolute atomic E-state index is 9.04. The smallest absolute Gasteiger partial charge is 0.138 e. The number of hydrogen-bond acceptors (Lipinski definition) is 3. The van der Waals surface area contributed by atoms with Crippen LogP contribution in [0.4, 0.5) is 0 Å². The van der Waals surface area contributed by atoms with Crippen LogP contribution in [0.25, 0.3) is 0 Å². The summed E-state index contributed by atoms with van der Waals surface area (Å²) in [6.45, 7) is 0. The zero-order valence-corrected chi connectivity index (χ0v) is 10.3. The number of ether oxygens (including phenoxy) is 1. The van der Waals surface area contributed by atoms with Crippen LogP contribution in [0.1, 0.15) is 23.7 Å². The maximum Gasteiger partial charge on any atom is 0.138 e. The third-order valence-electron chi connectivity index (χ3n) is 2.72. The minimum absolute atomic E-state index is 0.240. The second-order valence-corrected chi connectivity index (χ2v) is 3.99. The third-order valence-corrected chi connectivity index (χ3v) is 2.72. The Balaban J connectivity index is 2.28. The molecule has 0 aromatic heterocycles. The van der Waals surface area contributed by atoms with Crippen molar-refractivity contribution < 1.29 is 4.74 Å². The second-order valence-electron chi connectivity index (χ2n) is 3.99. The van der Waals surface area contributed by atoms with Gasteiger partial charge in [0.05, 0.1) is 18.1 Å². The van der Waals surface area contributed by atoms with E-state index in [1.165, 1.54) is 0 Å². The lowest BCUT2D eigenvalue weighted by molar-refractivity contribution is 0.210. The maximum atomic E-state index is 9.04. The molecule has 1 unspecified atom stereocenters. The van der Waals surface area contributed by atoms with Crippen LogP contribution in [-0.4, -0.2) is 0 Å². The fourth-order valence-electron chi connectivity index (χ4n) is 1.79. The van der Waals surface area contributed by atoms with Crippen molar-refractivity contribution in [1.29, 1.82) is 10.5 Å². The number of benzene rings is 2. The molecule has 0 saturated heterocycles. The predicted octanol–water partition coefficient (Wildman–Crippen LogP) is 3.59. The van der Waals surface area contributed by atoms with Gasteiger partial charge in [-0.3, -0.25) is 0 Å². The SMILES string of the molecule is N#CCC(Oc1ccccc1C#N)c1ccccc1. The average molecular weight is 248 g/mol. The lowest BCUT2D eigenvalue weighted by Crippen LogP contribution is -2.07. The minimum atomic E-state index is -0.360. The molecule has 2 rings (SSSR count). The Hall–Kier alpha value is -2.78. The number of rotatable bonds is 4. The Kier molecular flexibility index (Phi) is 4.16. The van der Waals surface area contributed by atoms with Crippen LogP contribution in [0, 0.1) is 22.7 Å². The number of para-hydroxylation sites is 1. The van der Waals surface area contributed by atoms with E-state index in [-0.39, 0.29) is 12.5 Å².